The van der Waals surface area contributed by atoms with Crippen molar-refractivity contribution in [2.75, 3.05) is 13.7 Å². The van der Waals surface area contributed by atoms with Crippen molar-refractivity contribution >= 4 is 27.3 Å². The van der Waals surface area contributed by atoms with Crippen molar-refractivity contribution in [1.29, 1.82) is 0 Å². The molecule has 1 N–H and O–H groups in total. The van der Waals surface area contributed by atoms with Crippen molar-refractivity contribution in [3.05, 3.63) is 41.3 Å². The monoisotopic (exact) mass is 341 g/mol. The summed E-state index contributed by atoms with van der Waals surface area (Å²) in [6.45, 7) is 1.34. The van der Waals surface area contributed by atoms with E-state index in [1.54, 1.807) is 37.3 Å². The third-order valence-corrected chi connectivity index (χ3v) is 5.57. The second kappa shape index (κ2) is 6.91. The first-order valence-electron chi connectivity index (χ1n) is 6.32. The molecule has 1 aromatic carbocycles. The highest BCUT2D eigenvalue weighted by molar-refractivity contribution is 7.91. The first-order valence-corrected chi connectivity index (χ1v) is 8.62. The summed E-state index contributed by atoms with van der Waals surface area (Å²) in [5.41, 5.74) is 0. The molecule has 8 heteroatoms. The minimum Gasteiger partial charge on any atom is -0.493 e. The summed E-state index contributed by atoms with van der Waals surface area (Å²) in [5.74, 6) is -0.0879. The van der Waals surface area contributed by atoms with E-state index in [9.17, 15) is 13.2 Å². The number of esters is 1. The van der Waals surface area contributed by atoms with Crippen LogP contribution in [0.25, 0.3) is 0 Å². The number of carbonyl (C=O) groups is 1. The lowest BCUT2D eigenvalue weighted by atomic mass is 10.3. The number of carbonyl (C=O) groups excluding carboxylic acids is 1. The van der Waals surface area contributed by atoms with E-state index in [4.69, 9.17) is 9.47 Å². The lowest BCUT2D eigenvalue weighted by Gasteiger charge is -2.09. The van der Waals surface area contributed by atoms with Crippen molar-refractivity contribution in [3.8, 4) is 11.5 Å². The van der Waals surface area contributed by atoms with Crippen molar-refractivity contribution in [2.45, 2.75) is 11.1 Å². The topological polar surface area (TPSA) is 81.7 Å². The predicted octanol–water partition coefficient (Wildman–Crippen LogP) is 1.95. The molecule has 0 bridgehead atoms. The van der Waals surface area contributed by atoms with Gasteiger partial charge in [0.2, 0.25) is 0 Å². The molecule has 0 amide bonds. The summed E-state index contributed by atoms with van der Waals surface area (Å²) < 4.78 is 36.5. The van der Waals surface area contributed by atoms with Crippen LogP contribution < -0.4 is 14.2 Å². The lowest BCUT2D eigenvalue weighted by Crippen LogP contribution is -2.31. The maximum atomic E-state index is 12.0. The Hall–Kier alpha value is -1.90. The Morgan fingerprint density at radius 2 is 1.86 bits per heavy atom. The molecular weight excluding hydrogens is 326 g/mol. The standard InChI is InChI=1S/C14H15NO5S2/c1-10-7-8-14(21-10)22(17,18)15-9-13(16)20-12-6-4-3-5-11(12)19-2/h3-8,15H,9H2,1-2H3. The van der Waals surface area contributed by atoms with Gasteiger partial charge in [-0.2, -0.15) is 4.72 Å². The summed E-state index contributed by atoms with van der Waals surface area (Å²) in [5, 5.41) is 0. The second-order valence-electron chi connectivity index (χ2n) is 4.31. The van der Waals surface area contributed by atoms with Gasteiger partial charge in [0.15, 0.2) is 11.5 Å². The molecule has 0 spiro atoms. The van der Waals surface area contributed by atoms with Crippen LogP contribution in [0.2, 0.25) is 0 Å². The molecule has 0 aliphatic heterocycles. The highest BCUT2D eigenvalue weighted by Crippen LogP contribution is 2.25. The molecule has 2 rings (SSSR count). The largest absolute Gasteiger partial charge is 0.493 e. The Labute approximate surface area is 132 Å². The number of nitrogens with one attached hydrogen (secondary N) is 1. The lowest BCUT2D eigenvalue weighted by molar-refractivity contribution is -0.133. The highest BCUT2D eigenvalue weighted by atomic mass is 32.2. The van der Waals surface area contributed by atoms with Crippen molar-refractivity contribution < 1.29 is 22.7 Å². The minimum atomic E-state index is -3.71. The van der Waals surface area contributed by atoms with E-state index < -0.39 is 22.5 Å². The van der Waals surface area contributed by atoms with Gasteiger partial charge in [0.05, 0.1) is 7.11 Å². The van der Waals surface area contributed by atoms with E-state index in [0.717, 1.165) is 16.2 Å². The molecule has 0 radical (unpaired) electrons. The number of thiophene rings is 1. The average Bonchev–Trinajstić information content (AvgIpc) is 2.93. The first kappa shape index (κ1) is 16.5. The van der Waals surface area contributed by atoms with Crippen molar-refractivity contribution in [3.63, 3.8) is 0 Å². The number of ether oxygens (including phenoxy) is 2. The molecule has 1 aromatic heterocycles. The molecule has 0 atom stereocenters. The van der Waals surface area contributed by atoms with Crippen LogP contribution in [0.5, 0.6) is 11.5 Å². The van der Waals surface area contributed by atoms with E-state index in [-0.39, 0.29) is 9.96 Å². The Morgan fingerprint density at radius 1 is 1.18 bits per heavy atom. The summed E-state index contributed by atoms with van der Waals surface area (Å²) in [6, 6.07) is 9.82. The Bertz CT molecular complexity index is 767. The van der Waals surface area contributed by atoms with Crippen molar-refractivity contribution in [2.24, 2.45) is 0 Å². The van der Waals surface area contributed by atoms with Crippen LogP contribution in [0, 0.1) is 6.92 Å². The molecule has 0 saturated heterocycles. The molecular formula is C14H15NO5S2. The third-order valence-electron chi connectivity index (χ3n) is 2.68. The van der Waals surface area contributed by atoms with Gasteiger partial charge in [0.25, 0.3) is 10.0 Å². The number of para-hydroxylation sites is 2. The van der Waals surface area contributed by atoms with Crippen LogP contribution in [-0.4, -0.2) is 28.0 Å². The summed E-state index contributed by atoms with van der Waals surface area (Å²) >= 11 is 1.13. The minimum absolute atomic E-state index is 0.162. The number of rotatable bonds is 6. The smallest absolute Gasteiger partial charge is 0.326 e. The fourth-order valence-electron chi connectivity index (χ4n) is 1.64. The Kier molecular flexibility index (Phi) is 5.17. The zero-order chi connectivity index (χ0) is 16.2. The van der Waals surface area contributed by atoms with Crippen LogP contribution in [-0.2, 0) is 14.8 Å². The number of hydrogen-bond donors (Lipinski definition) is 1. The molecule has 0 unspecified atom stereocenters. The average molecular weight is 341 g/mol. The molecule has 22 heavy (non-hydrogen) atoms. The fraction of sp³-hybridized carbons (Fsp3) is 0.214. The van der Waals surface area contributed by atoms with Gasteiger partial charge in [-0.3, -0.25) is 4.79 Å². The van der Waals surface area contributed by atoms with Gasteiger partial charge < -0.3 is 9.47 Å². The zero-order valence-electron chi connectivity index (χ0n) is 12.0. The number of aryl methyl sites for hydroxylation is 1. The normalized spacial score (nSPS) is 11.2. The number of hydrogen-bond acceptors (Lipinski definition) is 6. The van der Waals surface area contributed by atoms with Crippen LogP contribution in [0.1, 0.15) is 4.88 Å². The van der Waals surface area contributed by atoms with Crippen LogP contribution >= 0.6 is 11.3 Å². The van der Waals surface area contributed by atoms with E-state index in [1.807, 2.05) is 0 Å². The Balaban J connectivity index is 1.98. The zero-order valence-corrected chi connectivity index (χ0v) is 13.7. The van der Waals surface area contributed by atoms with E-state index in [1.165, 1.54) is 13.2 Å². The maximum absolute atomic E-state index is 12.0. The van der Waals surface area contributed by atoms with Crippen LogP contribution in [0.15, 0.2) is 40.6 Å². The van der Waals surface area contributed by atoms with Gasteiger partial charge in [0.1, 0.15) is 10.8 Å². The molecule has 2 aromatic rings. The first-order chi connectivity index (χ1) is 10.4. The van der Waals surface area contributed by atoms with E-state index in [0.29, 0.717) is 5.75 Å². The van der Waals surface area contributed by atoms with Gasteiger partial charge in [0, 0.05) is 4.88 Å². The summed E-state index contributed by atoms with van der Waals surface area (Å²) in [7, 11) is -2.25. The molecule has 1 heterocycles. The number of benzene rings is 1. The quantitative estimate of drug-likeness (QED) is 0.641. The van der Waals surface area contributed by atoms with Gasteiger partial charge in [-0.05, 0) is 31.2 Å². The molecule has 0 fully saturated rings. The molecule has 0 aliphatic rings. The Morgan fingerprint density at radius 3 is 2.45 bits per heavy atom. The third kappa shape index (κ3) is 4.06. The molecule has 118 valence electrons. The van der Waals surface area contributed by atoms with E-state index in [2.05, 4.69) is 4.72 Å². The van der Waals surface area contributed by atoms with Gasteiger partial charge >= 0.3 is 5.97 Å². The van der Waals surface area contributed by atoms with E-state index >= 15 is 0 Å². The number of sulfonamides is 1. The molecule has 6 nitrogen and oxygen atoms in total. The SMILES string of the molecule is COc1ccccc1OC(=O)CNS(=O)(=O)c1ccc(C)s1. The summed E-state index contributed by atoms with van der Waals surface area (Å²) in [6.07, 6.45) is 0. The fourth-order valence-corrected chi connectivity index (χ4v) is 3.94. The molecule has 0 saturated carbocycles. The van der Waals surface area contributed by atoms with Gasteiger partial charge in [-0.1, -0.05) is 12.1 Å². The van der Waals surface area contributed by atoms with Crippen molar-refractivity contribution in [1.82, 2.24) is 4.72 Å². The number of methoxy groups -OCH3 is 1. The second-order valence-corrected chi connectivity index (χ2v) is 7.60. The van der Waals surface area contributed by atoms with Gasteiger partial charge in [-0.15, -0.1) is 11.3 Å². The van der Waals surface area contributed by atoms with Gasteiger partial charge in [-0.25, -0.2) is 8.42 Å². The molecule has 0 aliphatic carbocycles. The van der Waals surface area contributed by atoms with Crippen LogP contribution in [0.3, 0.4) is 0 Å². The maximum Gasteiger partial charge on any atom is 0.326 e. The van der Waals surface area contributed by atoms with Crippen LogP contribution in [0.4, 0.5) is 0 Å². The summed E-state index contributed by atoms with van der Waals surface area (Å²) in [4.78, 5) is 12.6. The predicted molar refractivity (Wildman–Crippen MR) is 82.9 cm³/mol. The highest BCUT2D eigenvalue weighted by Gasteiger charge is 2.18.